The molecule has 0 aromatic heterocycles. The molecule has 0 radical (unpaired) electrons. The van der Waals surface area contributed by atoms with Crippen LogP contribution in [0.4, 0.5) is 13.2 Å². The normalized spacial score (nSPS) is 20.6. The van der Waals surface area contributed by atoms with E-state index in [4.69, 9.17) is 5.11 Å². The van der Waals surface area contributed by atoms with E-state index in [2.05, 4.69) is 5.32 Å². The molecule has 7 nitrogen and oxygen atoms in total. The predicted molar refractivity (Wildman–Crippen MR) is 78.9 cm³/mol. The summed E-state index contributed by atoms with van der Waals surface area (Å²) in [5.74, 6) is -2.19. The fourth-order valence-corrected chi connectivity index (χ4v) is 3.33. The van der Waals surface area contributed by atoms with Crippen molar-refractivity contribution in [2.45, 2.75) is 30.0 Å². The van der Waals surface area contributed by atoms with Crippen LogP contribution >= 0.6 is 0 Å². The summed E-state index contributed by atoms with van der Waals surface area (Å²) in [5, 5.41) is 11.2. The van der Waals surface area contributed by atoms with E-state index >= 15 is 0 Å². The van der Waals surface area contributed by atoms with Gasteiger partial charge < -0.3 is 10.4 Å². The number of hydrogen-bond donors (Lipinski definition) is 3. The van der Waals surface area contributed by atoms with Gasteiger partial charge in [0.2, 0.25) is 15.9 Å². The Morgan fingerprint density at radius 3 is 2.44 bits per heavy atom. The molecular weight excluding hydrogens is 365 g/mol. The molecule has 0 saturated heterocycles. The first-order valence-corrected chi connectivity index (χ1v) is 8.66. The minimum atomic E-state index is -4.69. The van der Waals surface area contributed by atoms with Crippen molar-refractivity contribution in [3.63, 3.8) is 0 Å². The highest BCUT2D eigenvalue weighted by molar-refractivity contribution is 7.89. The van der Waals surface area contributed by atoms with Gasteiger partial charge in [0, 0.05) is 6.04 Å². The topological polar surface area (TPSA) is 113 Å². The molecule has 1 aliphatic rings. The zero-order valence-electron chi connectivity index (χ0n) is 12.7. The standard InChI is InChI=1S/C14H15F3N2O5S/c15-14(16,17)9-2-1-3-11(6-9)25(23,24)18-7-12(20)19-10-4-8(5-10)13(21)22/h1-3,6,8,10,18H,4-5,7H2,(H,19,20)(H,21,22). The number of halogens is 3. The number of rotatable bonds is 6. The molecule has 1 aromatic rings. The molecule has 0 heterocycles. The summed E-state index contributed by atoms with van der Waals surface area (Å²) >= 11 is 0. The molecule has 1 fully saturated rings. The summed E-state index contributed by atoms with van der Waals surface area (Å²) in [6, 6.07) is 2.80. The third kappa shape index (κ3) is 4.92. The first-order valence-electron chi connectivity index (χ1n) is 7.18. The number of amides is 1. The van der Waals surface area contributed by atoms with Crippen LogP contribution in [0, 0.1) is 5.92 Å². The smallest absolute Gasteiger partial charge is 0.416 e. The molecule has 25 heavy (non-hydrogen) atoms. The van der Waals surface area contributed by atoms with Crippen LogP contribution in [-0.4, -0.2) is 38.0 Å². The largest absolute Gasteiger partial charge is 0.481 e. The Bertz CT molecular complexity index is 773. The molecule has 1 saturated carbocycles. The van der Waals surface area contributed by atoms with Crippen molar-refractivity contribution < 1.29 is 36.3 Å². The minimum Gasteiger partial charge on any atom is -0.481 e. The Hall–Kier alpha value is -2.14. The van der Waals surface area contributed by atoms with Gasteiger partial charge in [0.25, 0.3) is 0 Å². The third-order valence-electron chi connectivity index (χ3n) is 3.75. The Labute approximate surface area is 141 Å². The number of hydrogen-bond acceptors (Lipinski definition) is 4. The predicted octanol–water partition coefficient (Wildman–Crippen LogP) is 0.963. The number of sulfonamides is 1. The van der Waals surface area contributed by atoms with Crippen LogP contribution in [0.5, 0.6) is 0 Å². The molecular formula is C14H15F3N2O5S. The molecule has 2 rings (SSSR count). The van der Waals surface area contributed by atoms with Gasteiger partial charge in [0.05, 0.1) is 22.9 Å². The zero-order chi connectivity index (χ0) is 18.8. The van der Waals surface area contributed by atoms with Crippen molar-refractivity contribution >= 4 is 21.9 Å². The molecule has 0 atom stereocenters. The van der Waals surface area contributed by atoms with Crippen LogP contribution in [-0.2, 0) is 25.8 Å². The molecule has 11 heteroatoms. The first kappa shape index (κ1) is 19.2. The quantitative estimate of drug-likeness (QED) is 0.681. The van der Waals surface area contributed by atoms with E-state index in [0.717, 1.165) is 18.2 Å². The van der Waals surface area contributed by atoms with E-state index in [1.54, 1.807) is 0 Å². The molecule has 1 aliphatic carbocycles. The van der Waals surface area contributed by atoms with E-state index in [1.807, 2.05) is 4.72 Å². The van der Waals surface area contributed by atoms with Gasteiger partial charge in [0.15, 0.2) is 0 Å². The van der Waals surface area contributed by atoms with E-state index < -0.39 is 51.0 Å². The van der Waals surface area contributed by atoms with Crippen molar-refractivity contribution in [3.8, 4) is 0 Å². The van der Waals surface area contributed by atoms with E-state index in [0.29, 0.717) is 6.07 Å². The summed E-state index contributed by atoms with van der Waals surface area (Å²) in [6.07, 6.45) is -4.18. The number of carboxylic acids is 1. The number of alkyl halides is 3. The van der Waals surface area contributed by atoms with Gasteiger partial charge in [0.1, 0.15) is 0 Å². The van der Waals surface area contributed by atoms with Gasteiger partial charge in [-0.25, -0.2) is 13.1 Å². The average Bonchev–Trinajstić information content (AvgIpc) is 2.47. The van der Waals surface area contributed by atoms with Crippen LogP contribution in [0.15, 0.2) is 29.2 Å². The highest BCUT2D eigenvalue weighted by Gasteiger charge is 2.35. The fraction of sp³-hybridized carbons (Fsp3) is 0.429. The fourth-order valence-electron chi connectivity index (χ4n) is 2.30. The lowest BCUT2D eigenvalue weighted by Gasteiger charge is -2.32. The second kappa shape index (κ2) is 7.00. The Balaban J connectivity index is 1.91. The van der Waals surface area contributed by atoms with Crippen molar-refractivity contribution in [1.82, 2.24) is 10.0 Å². The van der Waals surface area contributed by atoms with Crippen LogP contribution in [0.1, 0.15) is 18.4 Å². The lowest BCUT2D eigenvalue weighted by atomic mass is 9.80. The van der Waals surface area contributed by atoms with Gasteiger partial charge >= 0.3 is 12.1 Å². The van der Waals surface area contributed by atoms with Gasteiger partial charge in [-0.1, -0.05) is 6.07 Å². The lowest BCUT2D eigenvalue weighted by molar-refractivity contribution is -0.146. The molecule has 0 spiro atoms. The summed E-state index contributed by atoms with van der Waals surface area (Å²) in [5.41, 5.74) is -1.12. The van der Waals surface area contributed by atoms with Crippen LogP contribution in [0.25, 0.3) is 0 Å². The molecule has 1 aromatic carbocycles. The molecule has 0 unspecified atom stereocenters. The Kier molecular flexibility index (Phi) is 5.37. The second-order valence-corrected chi connectivity index (χ2v) is 7.39. The first-order chi connectivity index (χ1) is 11.5. The van der Waals surface area contributed by atoms with Crippen molar-refractivity contribution in [1.29, 1.82) is 0 Å². The number of benzene rings is 1. The summed E-state index contributed by atoms with van der Waals surface area (Å²) in [7, 11) is -4.29. The summed E-state index contributed by atoms with van der Waals surface area (Å²) in [4.78, 5) is 21.7. The van der Waals surface area contributed by atoms with Gasteiger partial charge in [-0.05, 0) is 31.0 Å². The van der Waals surface area contributed by atoms with E-state index in [1.165, 1.54) is 0 Å². The highest BCUT2D eigenvalue weighted by Crippen LogP contribution is 2.30. The number of carbonyl (C=O) groups is 2. The lowest BCUT2D eigenvalue weighted by Crippen LogP contribution is -2.49. The van der Waals surface area contributed by atoms with Crippen LogP contribution in [0.3, 0.4) is 0 Å². The van der Waals surface area contributed by atoms with Crippen LogP contribution < -0.4 is 10.0 Å². The number of carboxylic acid groups (broad SMARTS) is 1. The molecule has 0 aliphatic heterocycles. The van der Waals surface area contributed by atoms with Gasteiger partial charge in [-0.15, -0.1) is 0 Å². The van der Waals surface area contributed by atoms with Crippen molar-refractivity contribution in [3.05, 3.63) is 29.8 Å². The number of aliphatic carboxylic acids is 1. The highest BCUT2D eigenvalue weighted by atomic mass is 32.2. The summed E-state index contributed by atoms with van der Waals surface area (Å²) < 4.78 is 63.8. The number of carbonyl (C=O) groups excluding carboxylic acids is 1. The van der Waals surface area contributed by atoms with Gasteiger partial charge in [-0.3, -0.25) is 9.59 Å². The average molecular weight is 380 g/mol. The summed E-state index contributed by atoms with van der Waals surface area (Å²) in [6.45, 7) is -0.660. The van der Waals surface area contributed by atoms with E-state index in [9.17, 15) is 31.2 Å². The van der Waals surface area contributed by atoms with Crippen molar-refractivity contribution in [2.24, 2.45) is 5.92 Å². The van der Waals surface area contributed by atoms with E-state index in [-0.39, 0.29) is 18.9 Å². The SMILES string of the molecule is O=C(CNS(=O)(=O)c1cccc(C(F)(F)F)c1)NC1CC(C(=O)O)C1. The second-order valence-electron chi connectivity index (χ2n) is 5.62. The Morgan fingerprint density at radius 1 is 1.24 bits per heavy atom. The molecule has 0 bridgehead atoms. The monoisotopic (exact) mass is 380 g/mol. The van der Waals surface area contributed by atoms with Gasteiger partial charge in [-0.2, -0.15) is 13.2 Å². The molecule has 3 N–H and O–H groups in total. The van der Waals surface area contributed by atoms with Crippen molar-refractivity contribution in [2.75, 3.05) is 6.54 Å². The maximum atomic E-state index is 12.6. The zero-order valence-corrected chi connectivity index (χ0v) is 13.5. The Morgan fingerprint density at radius 2 is 1.88 bits per heavy atom. The maximum absolute atomic E-state index is 12.6. The third-order valence-corrected chi connectivity index (χ3v) is 5.15. The number of nitrogens with one attached hydrogen (secondary N) is 2. The van der Waals surface area contributed by atoms with Crippen LogP contribution in [0.2, 0.25) is 0 Å². The molecule has 1 amide bonds. The molecule has 138 valence electrons. The minimum absolute atomic E-state index is 0.251. The maximum Gasteiger partial charge on any atom is 0.416 e.